The quantitative estimate of drug-likeness (QED) is 0.124. The molecule has 5 rings (SSSR count). The van der Waals surface area contributed by atoms with Gasteiger partial charge in [0.15, 0.2) is 5.69 Å². The molecule has 4 nitrogen and oxygen atoms in total. The highest BCUT2D eigenvalue weighted by molar-refractivity contribution is 5.87. The molecule has 0 saturated carbocycles. The van der Waals surface area contributed by atoms with Crippen LogP contribution in [0.3, 0.4) is 0 Å². The van der Waals surface area contributed by atoms with Crippen molar-refractivity contribution in [2.24, 2.45) is 0 Å². The molecule has 0 aliphatic heterocycles. The van der Waals surface area contributed by atoms with E-state index >= 15 is 0 Å². The smallest absolute Gasteiger partial charge is 0.333 e. The molecule has 1 aliphatic carbocycles. The second kappa shape index (κ2) is 11.2. The van der Waals surface area contributed by atoms with Crippen molar-refractivity contribution >= 4 is 28.7 Å². The van der Waals surface area contributed by atoms with Gasteiger partial charge in [-0.2, -0.15) is 0 Å². The topological polar surface area (TPSA) is 33.9 Å². The molecule has 0 radical (unpaired) electrons. The first kappa shape index (κ1) is 27.0. The van der Waals surface area contributed by atoms with Gasteiger partial charge in [-0.15, -0.1) is 0 Å². The Morgan fingerprint density at radius 3 is 2.08 bits per heavy atom. The summed E-state index contributed by atoms with van der Waals surface area (Å²) >= 11 is 0. The number of nitrogens with zero attached hydrogens (tertiary/aromatic N) is 2. The lowest BCUT2D eigenvalue weighted by Gasteiger charge is -2.31. The maximum Gasteiger partial charge on any atom is 0.333 e. The van der Waals surface area contributed by atoms with Crippen LogP contribution in [0.2, 0.25) is 0 Å². The number of hydrogen-bond acceptors (Lipinski definition) is 3. The van der Waals surface area contributed by atoms with Crippen LogP contribution in [0.4, 0.5) is 22.7 Å². The fourth-order valence-electron chi connectivity index (χ4n) is 5.91. The SMILES string of the molecule is [C-]#[N+]c1ccc(N(c2ccc(CCOC(=O)C(=C)C)cc2)c2ccc3c(c2)C(CC)(CC)c2ccccc2-3)cc1. The summed E-state index contributed by atoms with van der Waals surface area (Å²) in [5, 5.41) is 0. The Hall–Kier alpha value is -4.62. The second-order valence-electron chi connectivity index (χ2n) is 10.4. The molecule has 0 aromatic heterocycles. The van der Waals surface area contributed by atoms with E-state index in [1.165, 1.54) is 22.3 Å². The zero-order valence-electron chi connectivity index (χ0n) is 23.4. The van der Waals surface area contributed by atoms with Gasteiger partial charge in [0.05, 0.1) is 13.2 Å². The van der Waals surface area contributed by atoms with E-state index in [0.717, 1.165) is 35.5 Å². The van der Waals surface area contributed by atoms with E-state index in [1.807, 2.05) is 24.3 Å². The highest BCUT2D eigenvalue weighted by Gasteiger charge is 2.40. The molecule has 0 heterocycles. The zero-order valence-corrected chi connectivity index (χ0v) is 23.4. The standard InChI is InChI=1S/C36H34N2O2/c1-6-36(7-2)33-11-9-8-10-31(33)32-21-20-30(24-34(32)36)38(29-18-14-27(37-5)15-19-29)28-16-12-26(13-17-28)22-23-40-35(39)25(3)4/h8-21,24H,3,6-7,22-23H2,1-2,4H3. The third-order valence-corrected chi connectivity index (χ3v) is 8.12. The van der Waals surface area contributed by atoms with Crippen molar-refractivity contribution in [2.75, 3.05) is 11.5 Å². The molecule has 0 unspecified atom stereocenters. The molecule has 0 amide bonds. The Morgan fingerprint density at radius 2 is 1.45 bits per heavy atom. The molecular weight excluding hydrogens is 492 g/mol. The average Bonchev–Trinajstić information content (AvgIpc) is 3.27. The lowest BCUT2D eigenvalue weighted by atomic mass is 9.74. The largest absolute Gasteiger partial charge is 0.462 e. The lowest BCUT2D eigenvalue weighted by Crippen LogP contribution is -2.23. The average molecular weight is 527 g/mol. The van der Waals surface area contributed by atoms with Gasteiger partial charge in [-0.1, -0.05) is 75.0 Å². The van der Waals surface area contributed by atoms with Crippen molar-refractivity contribution in [3.63, 3.8) is 0 Å². The Balaban J connectivity index is 1.54. The summed E-state index contributed by atoms with van der Waals surface area (Å²) in [6.45, 7) is 17.6. The van der Waals surface area contributed by atoms with E-state index < -0.39 is 0 Å². The maximum atomic E-state index is 11.7. The van der Waals surface area contributed by atoms with Crippen molar-refractivity contribution in [2.45, 2.75) is 45.4 Å². The predicted octanol–water partition coefficient (Wildman–Crippen LogP) is 9.46. The van der Waals surface area contributed by atoms with Crippen molar-refractivity contribution in [1.82, 2.24) is 0 Å². The monoisotopic (exact) mass is 526 g/mol. The van der Waals surface area contributed by atoms with Gasteiger partial charge in [0.1, 0.15) is 0 Å². The summed E-state index contributed by atoms with van der Waals surface area (Å²) in [5.74, 6) is -0.361. The molecular formula is C36H34N2O2. The number of fused-ring (bicyclic) bond motifs is 3. The van der Waals surface area contributed by atoms with E-state index in [2.05, 4.69) is 96.9 Å². The fraction of sp³-hybridized carbons (Fsp3) is 0.222. The summed E-state index contributed by atoms with van der Waals surface area (Å²) in [5.41, 5.74) is 10.6. The second-order valence-corrected chi connectivity index (χ2v) is 10.4. The van der Waals surface area contributed by atoms with Gasteiger partial charge < -0.3 is 9.64 Å². The van der Waals surface area contributed by atoms with Crippen molar-refractivity contribution in [3.8, 4) is 11.1 Å². The maximum absolute atomic E-state index is 11.7. The fourth-order valence-corrected chi connectivity index (χ4v) is 5.91. The summed E-state index contributed by atoms with van der Waals surface area (Å²) in [7, 11) is 0. The van der Waals surface area contributed by atoms with Crippen molar-refractivity contribution in [1.29, 1.82) is 0 Å². The Bertz CT molecular complexity index is 1590. The molecule has 0 bridgehead atoms. The van der Waals surface area contributed by atoms with Gasteiger partial charge in [-0.3, -0.25) is 0 Å². The van der Waals surface area contributed by atoms with E-state index in [9.17, 15) is 4.79 Å². The van der Waals surface area contributed by atoms with Crippen LogP contribution in [-0.2, 0) is 21.4 Å². The first-order valence-electron chi connectivity index (χ1n) is 13.9. The van der Waals surface area contributed by atoms with Crippen LogP contribution < -0.4 is 4.90 Å². The number of esters is 1. The number of carbonyl (C=O) groups excluding carboxylic acids is 1. The van der Waals surface area contributed by atoms with E-state index in [0.29, 0.717) is 24.3 Å². The number of rotatable bonds is 9. The van der Waals surface area contributed by atoms with Crippen molar-refractivity contribution < 1.29 is 9.53 Å². The Labute approximate surface area is 237 Å². The third kappa shape index (κ3) is 4.80. The molecule has 0 N–H and O–H groups in total. The van der Waals surface area contributed by atoms with Crippen LogP contribution in [0.25, 0.3) is 16.0 Å². The van der Waals surface area contributed by atoms with Crippen LogP contribution in [0.15, 0.2) is 103 Å². The highest BCUT2D eigenvalue weighted by Crippen LogP contribution is 2.54. The Morgan fingerprint density at radius 1 is 0.850 bits per heavy atom. The van der Waals surface area contributed by atoms with Crippen LogP contribution in [-0.4, -0.2) is 12.6 Å². The normalized spacial score (nSPS) is 12.7. The van der Waals surface area contributed by atoms with Crippen LogP contribution in [0, 0.1) is 6.57 Å². The molecule has 0 spiro atoms. The van der Waals surface area contributed by atoms with Gasteiger partial charge in [-0.05, 0) is 84.0 Å². The minimum atomic E-state index is -0.361. The molecule has 40 heavy (non-hydrogen) atoms. The summed E-state index contributed by atoms with van der Waals surface area (Å²) in [6, 6.07) is 31.7. The summed E-state index contributed by atoms with van der Waals surface area (Å²) in [4.78, 5) is 17.6. The number of carbonyl (C=O) groups is 1. The van der Waals surface area contributed by atoms with E-state index in [1.54, 1.807) is 6.92 Å². The Kier molecular flexibility index (Phi) is 7.58. The highest BCUT2D eigenvalue weighted by atomic mass is 16.5. The molecule has 200 valence electrons. The minimum absolute atomic E-state index is 0.0212. The molecule has 4 heteroatoms. The molecule has 1 aliphatic rings. The molecule has 4 aromatic carbocycles. The predicted molar refractivity (Wildman–Crippen MR) is 164 cm³/mol. The summed E-state index contributed by atoms with van der Waals surface area (Å²) in [6.07, 6.45) is 2.69. The van der Waals surface area contributed by atoms with Gasteiger partial charge in [-0.25, -0.2) is 9.64 Å². The van der Waals surface area contributed by atoms with Gasteiger partial charge in [0.25, 0.3) is 0 Å². The van der Waals surface area contributed by atoms with Crippen LogP contribution in [0.1, 0.15) is 50.3 Å². The first-order valence-corrected chi connectivity index (χ1v) is 13.9. The third-order valence-electron chi connectivity index (χ3n) is 8.12. The molecule has 0 atom stereocenters. The number of hydrogen-bond donors (Lipinski definition) is 0. The summed E-state index contributed by atoms with van der Waals surface area (Å²) < 4.78 is 5.28. The molecule has 0 fully saturated rings. The molecule has 4 aromatic rings. The molecule has 0 saturated heterocycles. The van der Waals surface area contributed by atoms with Gasteiger partial charge in [0, 0.05) is 34.5 Å². The minimum Gasteiger partial charge on any atom is -0.462 e. The van der Waals surface area contributed by atoms with Crippen LogP contribution >= 0.6 is 0 Å². The number of benzene rings is 4. The van der Waals surface area contributed by atoms with E-state index in [4.69, 9.17) is 11.3 Å². The van der Waals surface area contributed by atoms with Gasteiger partial charge >= 0.3 is 5.97 Å². The van der Waals surface area contributed by atoms with E-state index in [-0.39, 0.29) is 11.4 Å². The van der Waals surface area contributed by atoms with Gasteiger partial charge in [0.2, 0.25) is 0 Å². The number of ether oxygens (including phenoxy) is 1. The van der Waals surface area contributed by atoms with Crippen molar-refractivity contribution in [3.05, 3.63) is 131 Å². The zero-order chi connectivity index (χ0) is 28.3. The lowest BCUT2D eigenvalue weighted by molar-refractivity contribution is -0.138. The van der Waals surface area contributed by atoms with Crippen LogP contribution in [0.5, 0.6) is 0 Å². The number of anilines is 3. The first-order chi connectivity index (χ1) is 19.4.